The molecule has 2 heterocycles. The maximum atomic E-state index is 13.8. The molecule has 2 saturated heterocycles. The van der Waals surface area contributed by atoms with Gasteiger partial charge in [0.2, 0.25) is 29.0 Å². The van der Waals surface area contributed by atoms with Gasteiger partial charge in [0, 0.05) is 11.1 Å². The monoisotopic (exact) mass is 493 g/mol. The number of hydrogen-bond acceptors (Lipinski definition) is 5. The van der Waals surface area contributed by atoms with E-state index in [9.17, 15) is 28.0 Å². The minimum atomic E-state index is -2.25. The van der Waals surface area contributed by atoms with Crippen LogP contribution in [0, 0.1) is 23.5 Å². The molecule has 35 heavy (non-hydrogen) atoms. The molecule has 0 saturated carbocycles. The van der Waals surface area contributed by atoms with Crippen molar-refractivity contribution in [3.63, 3.8) is 0 Å². The number of hydrogen-bond donors (Lipinski definition) is 0. The van der Waals surface area contributed by atoms with Gasteiger partial charge in [-0.25, -0.2) is 13.7 Å². The Hall–Kier alpha value is -3.75. The van der Waals surface area contributed by atoms with Crippen molar-refractivity contribution < 1.29 is 32.7 Å². The van der Waals surface area contributed by atoms with Gasteiger partial charge in [-0.15, -0.1) is 0 Å². The maximum absolute atomic E-state index is 13.8. The van der Waals surface area contributed by atoms with Gasteiger partial charge in [0.15, 0.2) is 0 Å². The Kier molecular flexibility index (Phi) is 4.58. The van der Waals surface area contributed by atoms with E-state index >= 15 is 0 Å². The number of carbonyl (C=O) groups excluding carboxylic acids is 4. The Morgan fingerprint density at radius 2 is 1.46 bits per heavy atom. The molecule has 0 N–H and O–H groups in total. The number of imide groups is 1. The van der Waals surface area contributed by atoms with Crippen molar-refractivity contribution in [3.8, 4) is 0 Å². The largest absolute Gasteiger partial charge is 0.349 e. The van der Waals surface area contributed by atoms with Crippen LogP contribution in [0.3, 0.4) is 0 Å². The van der Waals surface area contributed by atoms with Crippen LogP contribution < -0.4 is 4.90 Å². The number of amides is 2. The van der Waals surface area contributed by atoms with E-state index in [0.29, 0.717) is 5.56 Å². The summed E-state index contributed by atoms with van der Waals surface area (Å²) < 4.78 is 33.5. The molecule has 0 aromatic heterocycles. The normalized spacial score (nSPS) is 24.4. The van der Waals surface area contributed by atoms with Crippen molar-refractivity contribution >= 4 is 40.7 Å². The first kappa shape index (κ1) is 21.8. The maximum Gasteiger partial charge on any atom is 0.241 e. The fraction of sp³-hybridized carbons (Fsp3) is 0.154. The number of fused-ring (bicyclic) bond motifs is 3. The predicted octanol–water partition coefficient (Wildman–Crippen LogP) is 4.31. The van der Waals surface area contributed by atoms with Crippen LogP contribution in [0.1, 0.15) is 32.4 Å². The van der Waals surface area contributed by atoms with E-state index in [0.717, 1.165) is 29.2 Å². The van der Waals surface area contributed by atoms with Crippen molar-refractivity contribution in [2.45, 2.75) is 11.7 Å². The van der Waals surface area contributed by atoms with Gasteiger partial charge in [-0.2, -0.15) is 0 Å². The Morgan fingerprint density at radius 3 is 2.06 bits per heavy atom. The Bertz CT molecular complexity index is 1440. The number of anilines is 1. The second kappa shape index (κ2) is 7.37. The molecule has 174 valence electrons. The lowest BCUT2D eigenvalue weighted by Gasteiger charge is -2.27. The number of rotatable bonds is 2. The summed E-state index contributed by atoms with van der Waals surface area (Å²) in [6, 6.07) is 14.5. The van der Waals surface area contributed by atoms with E-state index in [4.69, 9.17) is 16.3 Å². The zero-order chi connectivity index (χ0) is 24.6. The predicted molar refractivity (Wildman–Crippen MR) is 119 cm³/mol. The number of carbonyl (C=O) groups is 4. The summed E-state index contributed by atoms with van der Waals surface area (Å²) in [6.07, 6.45) is -1.18. The molecule has 3 aliphatic rings. The number of benzene rings is 3. The van der Waals surface area contributed by atoms with Gasteiger partial charge < -0.3 is 4.74 Å². The Balaban J connectivity index is 1.54. The summed E-state index contributed by atoms with van der Waals surface area (Å²) in [6.45, 7) is 0. The molecule has 1 aliphatic carbocycles. The molecule has 3 aromatic carbocycles. The molecule has 0 radical (unpaired) electrons. The van der Waals surface area contributed by atoms with Gasteiger partial charge in [-0.05, 0) is 35.9 Å². The fourth-order valence-corrected chi connectivity index (χ4v) is 5.52. The summed E-state index contributed by atoms with van der Waals surface area (Å²) in [4.78, 5) is 55.5. The molecular weight excluding hydrogens is 480 g/mol. The lowest BCUT2D eigenvalue weighted by atomic mass is 9.77. The van der Waals surface area contributed by atoms with Crippen molar-refractivity contribution in [2.75, 3.05) is 4.90 Å². The van der Waals surface area contributed by atoms with Crippen LogP contribution in [0.2, 0.25) is 5.02 Å². The quantitative estimate of drug-likeness (QED) is 0.392. The molecule has 2 aliphatic heterocycles. The molecule has 0 unspecified atom stereocenters. The molecule has 6 rings (SSSR count). The Labute approximate surface area is 202 Å². The van der Waals surface area contributed by atoms with Gasteiger partial charge in [-0.1, -0.05) is 48.0 Å². The lowest BCUT2D eigenvalue weighted by Crippen LogP contribution is -2.51. The molecule has 6 nitrogen and oxygen atoms in total. The van der Waals surface area contributed by atoms with Crippen LogP contribution in [-0.4, -0.2) is 29.0 Å². The zero-order valence-corrected chi connectivity index (χ0v) is 18.5. The highest BCUT2D eigenvalue weighted by molar-refractivity contribution is 6.37. The Morgan fingerprint density at radius 1 is 0.829 bits per heavy atom. The average Bonchev–Trinajstić information content (AvgIpc) is 3.41. The van der Waals surface area contributed by atoms with E-state index in [1.54, 1.807) is 12.1 Å². The molecule has 3 aromatic rings. The van der Waals surface area contributed by atoms with E-state index in [-0.39, 0.29) is 21.8 Å². The van der Waals surface area contributed by atoms with Gasteiger partial charge in [0.1, 0.15) is 11.6 Å². The van der Waals surface area contributed by atoms with Gasteiger partial charge >= 0.3 is 0 Å². The van der Waals surface area contributed by atoms with Crippen molar-refractivity contribution in [2.24, 2.45) is 11.8 Å². The highest BCUT2D eigenvalue weighted by Crippen LogP contribution is 2.57. The van der Waals surface area contributed by atoms with Crippen LogP contribution >= 0.6 is 11.6 Å². The summed E-state index contributed by atoms with van der Waals surface area (Å²) in [5.41, 5.74) is -1.73. The molecular formula is C26H14ClF2NO5. The number of halogens is 3. The minimum absolute atomic E-state index is 0.00390. The third kappa shape index (κ3) is 2.78. The second-order valence-electron chi connectivity index (χ2n) is 8.64. The SMILES string of the molecule is O=C1[C@H]2[C@@H](C(=O)N1c1ccc(F)c(Cl)c1)C1(O[C@H]2c2ccc(F)cc2)C(=O)c2ccccc2C1=O. The van der Waals surface area contributed by atoms with E-state index in [1.807, 2.05) is 0 Å². The van der Waals surface area contributed by atoms with E-state index in [2.05, 4.69) is 0 Å². The molecule has 2 fully saturated rings. The lowest BCUT2D eigenvalue weighted by molar-refractivity contribution is -0.127. The van der Waals surface area contributed by atoms with Crippen molar-refractivity contribution in [1.29, 1.82) is 0 Å². The van der Waals surface area contributed by atoms with Crippen LogP contribution in [-0.2, 0) is 14.3 Å². The summed E-state index contributed by atoms with van der Waals surface area (Å²) >= 11 is 5.88. The summed E-state index contributed by atoms with van der Waals surface area (Å²) in [7, 11) is 0. The standard InChI is InChI=1S/C26H14ClF2NO5/c27-17-11-14(9-10-18(17)29)30-24(33)19-20(25(30)34)26(35-21(19)12-5-7-13(28)8-6-12)22(31)15-3-1-2-4-16(15)23(26)32/h1-11,19-21H/t19-,20-,21-/m0/s1. The number of nitrogens with zero attached hydrogens (tertiary/aromatic N) is 1. The minimum Gasteiger partial charge on any atom is -0.349 e. The number of ketones is 2. The van der Waals surface area contributed by atoms with Crippen LogP contribution in [0.15, 0.2) is 66.7 Å². The average molecular weight is 494 g/mol. The molecule has 9 heteroatoms. The van der Waals surface area contributed by atoms with Crippen LogP contribution in [0.5, 0.6) is 0 Å². The van der Waals surface area contributed by atoms with Gasteiger partial charge in [-0.3, -0.25) is 19.2 Å². The highest BCUT2D eigenvalue weighted by atomic mass is 35.5. The number of Topliss-reactive ketones (excluding diaryl/α,β-unsaturated/α-hetero) is 2. The molecule has 2 amide bonds. The van der Waals surface area contributed by atoms with Crippen molar-refractivity contribution in [3.05, 3.63) is 100 Å². The first-order chi connectivity index (χ1) is 16.8. The second-order valence-corrected chi connectivity index (χ2v) is 9.05. The smallest absolute Gasteiger partial charge is 0.241 e. The topological polar surface area (TPSA) is 80.8 Å². The molecule has 1 spiro atoms. The molecule has 3 atom stereocenters. The molecule has 0 bridgehead atoms. The van der Waals surface area contributed by atoms with E-state index < -0.39 is 58.6 Å². The highest BCUT2D eigenvalue weighted by Gasteiger charge is 2.74. The van der Waals surface area contributed by atoms with Crippen molar-refractivity contribution in [1.82, 2.24) is 0 Å². The third-order valence-electron chi connectivity index (χ3n) is 6.88. The van der Waals surface area contributed by atoms with Gasteiger partial charge in [0.25, 0.3) is 0 Å². The number of ether oxygens (including phenoxy) is 1. The zero-order valence-electron chi connectivity index (χ0n) is 17.7. The van der Waals surface area contributed by atoms with E-state index in [1.165, 1.54) is 30.3 Å². The first-order valence-corrected chi connectivity index (χ1v) is 11.1. The van der Waals surface area contributed by atoms with Crippen LogP contribution in [0.4, 0.5) is 14.5 Å². The fourth-order valence-electron chi connectivity index (χ4n) is 5.35. The van der Waals surface area contributed by atoms with Crippen LogP contribution in [0.25, 0.3) is 0 Å². The first-order valence-electron chi connectivity index (χ1n) is 10.7. The van der Waals surface area contributed by atoms with Gasteiger partial charge in [0.05, 0.1) is 28.6 Å². The third-order valence-corrected chi connectivity index (χ3v) is 7.17. The summed E-state index contributed by atoms with van der Waals surface area (Å²) in [5, 5.41) is -0.304. The summed E-state index contributed by atoms with van der Waals surface area (Å²) in [5.74, 6) is -6.98.